The Kier molecular flexibility index (Phi) is 4.51. The molecule has 0 amide bonds. The number of fused-ring (bicyclic) bond motifs is 1. The highest BCUT2D eigenvalue weighted by molar-refractivity contribution is 6.35. The number of benzene rings is 2. The topological polar surface area (TPSA) is 30.2 Å². The summed E-state index contributed by atoms with van der Waals surface area (Å²) in [4.78, 5) is 12.5. The average Bonchev–Trinajstić information content (AvgIpc) is 2.57. The maximum atomic E-state index is 12.5. The Bertz CT molecular complexity index is 876. The molecule has 2 aromatic carbocycles. The van der Waals surface area contributed by atoms with E-state index in [-0.39, 0.29) is 12.3 Å². The Morgan fingerprint density at radius 3 is 2.52 bits per heavy atom. The Balaban J connectivity index is 1.95. The van der Waals surface area contributed by atoms with Crippen LogP contribution in [0, 0.1) is 0 Å². The van der Waals surface area contributed by atoms with Gasteiger partial charge in [-0.05, 0) is 36.4 Å². The van der Waals surface area contributed by atoms with E-state index in [2.05, 4.69) is 0 Å². The molecule has 3 aromatic rings. The van der Waals surface area contributed by atoms with Crippen LogP contribution in [0.4, 0.5) is 0 Å². The number of pyridine rings is 1. The normalized spacial score (nSPS) is 10.7. The number of carbonyl (C=O) groups excluding carboxylic acids is 1. The van der Waals surface area contributed by atoms with Crippen molar-refractivity contribution in [2.45, 2.75) is 6.54 Å². The fourth-order valence-corrected chi connectivity index (χ4v) is 2.81. The molecule has 0 unspecified atom stereocenters. The lowest BCUT2D eigenvalue weighted by Gasteiger charge is -2.04. The average molecular weight is 347 g/mol. The maximum Gasteiger partial charge on any atom is 0.227 e. The van der Waals surface area contributed by atoms with Crippen molar-refractivity contribution < 1.29 is 14.1 Å². The molecule has 0 spiro atoms. The quantitative estimate of drug-likeness (QED) is 0.520. The van der Waals surface area contributed by atoms with E-state index in [1.54, 1.807) is 49.7 Å². The third-order valence-electron chi connectivity index (χ3n) is 3.65. The van der Waals surface area contributed by atoms with Crippen molar-refractivity contribution in [3.05, 3.63) is 70.3 Å². The maximum absolute atomic E-state index is 12.5. The van der Waals surface area contributed by atoms with Crippen LogP contribution in [0.25, 0.3) is 10.9 Å². The third kappa shape index (κ3) is 3.31. The van der Waals surface area contributed by atoms with Gasteiger partial charge < -0.3 is 4.74 Å². The zero-order valence-electron chi connectivity index (χ0n) is 12.4. The van der Waals surface area contributed by atoms with E-state index in [1.807, 2.05) is 16.7 Å². The zero-order chi connectivity index (χ0) is 16.4. The molecule has 0 bridgehead atoms. The van der Waals surface area contributed by atoms with Gasteiger partial charge in [0.2, 0.25) is 17.8 Å². The van der Waals surface area contributed by atoms with Gasteiger partial charge in [-0.1, -0.05) is 23.2 Å². The van der Waals surface area contributed by atoms with Crippen LogP contribution >= 0.6 is 23.2 Å². The van der Waals surface area contributed by atoms with Crippen LogP contribution in [0.2, 0.25) is 10.0 Å². The van der Waals surface area contributed by atoms with Crippen molar-refractivity contribution in [3.8, 4) is 5.75 Å². The first-order valence-corrected chi connectivity index (χ1v) is 7.78. The van der Waals surface area contributed by atoms with Gasteiger partial charge in [0.15, 0.2) is 6.20 Å². The molecule has 116 valence electrons. The number of hydrogen-bond donors (Lipinski definition) is 0. The number of Topliss-reactive ketones (excluding diaryl/α,β-unsaturated/α-hetero) is 1. The number of hydrogen-bond acceptors (Lipinski definition) is 2. The van der Waals surface area contributed by atoms with Crippen LogP contribution in [0.15, 0.2) is 54.7 Å². The fraction of sp³-hybridized carbons (Fsp3) is 0.111. The molecule has 0 radical (unpaired) electrons. The molecule has 0 aliphatic heterocycles. The highest BCUT2D eigenvalue weighted by Gasteiger charge is 2.17. The highest BCUT2D eigenvalue weighted by Crippen LogP contribution is 2.23. The summed E-state index contributed by atoms with van der Waals surface area (Å²) in [5, 5.41) is 2.09. The first kappa shape index (κ1) is 15.8. The molecule has 0 aliphatic rings. The Morgan fingerprint density at radius 1 is 1.09 bits per heavy atom. The van der Waals surface area contributed by atoms with E-state index in [0.717, 1.165) is 16.7 Å². The van der Waals surface area contributed by atoms with E-state index in [0.29, 0.717) is 15.6 Å². The van der Waals surface area contributed by atoms with Gasteiger partial charge in [-0.2, -0.15) is 4.57 Å². The molecule has 5 heteroatoms. The number of ketones is 1. The van der Waals surface area contributed by atoms with Gasteiger partial charge in [-0.3, -0.25) is 4.79 Å². The molecule has 0 saturated heterocycles. The molecular formula is C18H14Cl2NO2+. The highest BCUT2D eigenvalue weighted by atomic mass is 35.5. The summed E-state index contributed by atoms with van der Waals surface area (Å²) < 4.78 is 6.95. The Hall–Kier alpha value is -2.10. The van der Waals surface area contributed by atoms with Gasteiger partial charge in [0.25, 0.3) is 0 Å². The van der Waals surface area contributed by atoms with E-state index < -0.39 is 0 Å². The van der Waals surface area contributed by atoms with Gasteiger partial charge in [0.05, 0.1) is 17.5 Å². The van der Waals surface area contributed by atoms with Gasteiger partial charge >= 0.3 is 0 Å². The standard InChI is InChI=1S/C18H14Cl2NO2/c1-23-14-5-2-12(3-6-14)18(22)11-21-9-8-16(20)15-7-4-13(19)10-17(15)21/h2-10H,11H2,1H3/q+1. The third-order valence-corrected chi connectivity index (χ3v) is 4.22. The number of rotatable bonds is 4. The number of aromatic nitrogens is 1. The van der Waals surface area contributed by atoms with E-state index in [4.69, 9.17) is 27.9 Å². The molecular weight excluding hydrogens is 333 g/mol. The minimum Gasteiger partial charge on any atom is -0.497 e. The number of nitrogens with zero attached hydrogens (tertiary/aromatic N) is 1. The van der Waals surface area contributed by atoms with Crippen molar-refractivity contribution in [3.63, 3.8) is 0 Å². The Morgan fingerprint density at radius 2 is 1.83 bits per heavy atom. The number of halogens is 2. The second-order valence-corrected chi connectivity index (χ2v) is 5.95. The van der Waals surface area contributed by atoms with Crippen LogP contribution in [-0.2, 0) is 6.54 Å². The Labute approximate surface area is 144 Å². The SMILES string of the molecule is COc1ccc(C(=O)C[n+]2ccc(Cl)c3ccc(Cl)cc32)cc1. The van der Waals surface area contributed by atoms with Crippen LogP contribution in [0.3, 0.4) is 0 Å². The fourth-order valence-electron chi connectivity index (χ4n) is 2.43. The molecule has 23 heavy (non-hydrogen) atoms. The first-order valence-electron chi connectivity index (χ1n) is 7.03. The summed E-state index contributed by atoms with van der Waals surface area (Å²) in [7, 11) is 1.59. The second-order valence-electron chi connectivity index (χ2n) is 5.10. The monoisotopic (exact) mass is 346 g/mol. The van der Waals surface area contributed by atoms with Crippen molar-refractivity contribution in [1.82, 2.24) is 0 Å². The summed E-state index contributed by atoms with van der Waals surface area (Å²) in [5.74, 6) is 0.721. The van der Waals surface area contributed by atoms with Gasteiger partial charge in [0.1, 0.15) is 5.75 Å². The summed E-state index contributed by atoms with van der Waals surface area (Å²) in [6.07, 6.45) is 1.79. The predicted octanol–water partition coefficient (Wildman–Crippen LogP) is 4.33. The molecule has 0 atom stereocenters. The molecule has 0 N–H and O–H groups in total. The van der Waals surface area contributed by atoms with E-state index >= 15 is 0 Å². The summed E-state index contributed by atoms with van der Waals surface area (Å²) in [5.41, 5.74) is 1.45. The van der Waals surface area contributed by atoms with Crippen LogP contribution in [-0.4, -0.2) is 12.9 Å². The predicted molar refractivity (Wildman–Crippen MR) is 91.5 cm³/mol. The lowest BCUT2D eigenvalue weighted by atomic mass is 10.1. The molecule has 1 aromatic heterocycles. The van der Waals surface area contributed by atoms with Crippen LogP contribution in [0.5, 0.6) is 5.75 Å². The summed E-state index contributed by atoms with van der Waals surface area (Å²) in [6.45, 7) is 0.209. The second kappa shape index (κ2) is 6.57. The zero-order valence-corrected chi connectivity index (χ0v) is 13.9. The minimum atomic E-state index is 0.00116. The van der Waals surface area contributed by atoms with Crippen molar-refractivity contribution in [2.24, 2.45) is 0 Å². The molecule has 1 heterocycles. The van der Waals surface area contributed by atoms with Crippen LogP contribution < -0.4 is 9.30 Å². The molecule has 3 rings (SSSR count). The molecule has 0 saturated carbocycles. The lowest BCUT2D eigenvalue weighted by molar-refractivity contribution is -0.657. The number of carbonyl (C=O) groups is 1. The van der Waals surface area contributed by atoms with E-state index in [9.17, 15) is 4.79 Å². The number of methoxy groups -OCH3 is 1. The van der Waals surface area contributed by atoms with Gasteiger partial charge in [0, 0.05) is 22.7 Å². The molecule has 0 fully saturated rings. The smallest absolute Gasteiger partial charge is 0.227 e. The van der Waals surface area contributed by atoms with Crippen molar-refractivity contribution >= 4 is 39.9 Å². The first-order chi connectivity index (χ1) is 11.1. The van der Waals surface area contributed by atoms with E-state index in [1.165, 1.54) is 0 Å². The van der Waals surface area contributed by atoms with Crippen molar-refractivity contribution in [2.75, 3.05) is 7.11 Å². The lowest BCUT2D eigenvalue weighted by Crippen LogP contribution is -2.38. The largest absolute Gasteiger partial charge is 0.497 e. The molecule has 3 nitrogen and oxygen atoms in total. The van der Waals surface area contributed by atoms with Crippen molar-refractivity contribution in [1.29, 1.82) is 0 Å². The van der Waals surface area contributed by atoms with Gasteiger partial charge in [-0.25, -0.2) is 0 Å². The summed E-state index contributed by atoms with van der Waals surface area (Å²) in [6, 6.07) is 14.3. The molecule has 0 aliphatic carbocycles. The van der Waals surface area contributed by atoms with Crippen LogP contribution in [0.1, 0.15) is 10.4 Å². The summed E-state index contributed by atoms with van der Waals surface area (Å²) >= 11 is 12.3. The minimum absolute atomic E-state index is 0.00116. The van der Waals surface area contributed by atoms with Gasteiger partial charge in [-0.15, -0.1) is 0 Å². The number of ether oxygens (including phenoxy) is 1.